The number of rotatable bonds is 5. The minimum absolute atomic E-state index is 0.230. The van der Waals surface area contributed by atoms with Gasteiger partial charge in [-0.05, 0) is 26.7 Å². The molecule has 0 radical (unpaired) electrons. The molecule has 1 rings (SSSR count). The molecule has 0 bridgehead atoms. The van der Waals surface area contributed by atoms with E-state index in [1.165, 1.54) is 0 Å². The van der Waals surface area contributed by atoms with Crippen LogP contribution >= 0.6 is 0 Å². The summed E-state index contributed by atoms with van der Waals surface area (Å²) in [6.45, 7) is 5.43. The second-order valence-electron chi connectivity index (χ2n) is 5.33. The molecule has 1 saturated heterocycles. The fraction of sp³-hybridized carbons (Fsp3) is 0.846. The molecular weight excluding hydrogens is 248 g/mol. The van der Waals surface area contributed by atoms with Crippen LogP contribution in [0.2, 0.25) is 0 Å². The number of carboxylic acids is 1. The molecule has 19 heavy (non-hydrogen) atoms. The Hall–Kier alpha value is -1.30. The maximum absolute atomic E-state index is 11.9. The van der Waals surface area contributed by atoms with Gasteiger partial charge in [0.15, 0.2) is 0 Å². The van der Waals surface area contributed by atoms with E-state index in [4.69, 9.17) is 9.84 Å². The highest BCUT2D eigenvalue weighted by Gasteiger charge is 2.24. The lowest BCUT2D eigenvalue weighted by molar-refractivity contribution is -0.141. The lowest BCUT2D eigenvalue weighted by Crippen LogP contribution is -2.47. The summed E-state index contributed by atoms with van der Waals surface area (Å²) in [5, 5.41) is 11.6. The number of hydrogen-bond acceptors (Lipinski definition) is 3. The van der Waals surface area contributed by atoms with Crippen LogP contribution < -0.4 is 5.32 Å². The van der Waals surface area contributed by atoms with E-state index in [0.29, 0.717) is 19.1 Å². The largest absolute Gasteiger partial charge is 0.481 e. The molecule has 0 aromatic heterocycles. The van der Waals surface area contributed by atoms with Crippen LogP contribution in [0.4, 0.5) is 4.79 Å². The zero-order valence-electron chi connectivity index (χ0n) is 11.9. The standard InChI is InChI=1S/C13H24N2O4/c1-9(12(16)17)10(2)14-13(18)15(3)7-11-5-4-6-19-8-11/h9-11H,4-8H2,1-3H3,(H,14,18)(H,16,17). The van der Waals surface area contributed by atoms with E-state index in [9.17, 15) is 9.59 Å². The van der Waals surface area contributed by atoms with Crippen molar-refractivity contribution < 1.29 is 19.4 Å². The summed E-state index contributed by atoms with van der Waals surface area (Å²) < 4.78 is 5.38. The fourth-order valence-corrected chi connectivity index (χ4v) is 2.07. The predicted molar refractivity (Wildman–Crippen MR) is 71.0 cm³/mol. The molecule has 0 aromatic carbocycles. The third kappa shape index (κ3) is 5.06. The monoisotopic (exact) mass is 272 g/mol. The SMILES string of the molecule is CC(NC(=O)N(C)CC1CCCOC1)C(C)C(=O)O. The second kappa shape index (κ2) is 7.33. The molecule has 2 N–H and O–H groups in total. The molecule has 0 aliphatic carbocycles. The first kappa shape index (κ1) is 15.8. The van der Waals surface area contributed by atoms with Gasteiger partial charge < -0.3 is 20.1 Å². The van der Waals surface area contributed by atoms with Crippen molar-refractivity contribution in [1.29, 1.82) is 0 Å². The molecule has 0 spiro atoms. The highest BCUT2D eigenvalue weighted by Crippen LogP contribution is 2.14. The minimum Gasteiger partial charge on any atom is -0.481 e. The van der Waals surface area contributed by atoms with Crippen molar-refractivity contribution in [1.82, 2.24) is 10.2 Å². The number of carboxylic acid groups (broad SMARTS) is 1. The molecular formula is C13H24N2O4. The van der Waals surface area contributed by atoms with Crippen LogP contribution in [0.15, 0.2) is 0 Å². The quantitative estimate of drug-likeness (QED) is 0.787. The van der Waals surface area contributed by atoms with Crippen LogP contribution in [-0.4, -0.2) is 54.9 Å². The first-order valence-corrected chi connectivity index (χ1v) is 6.74. The minimum atomic E-state index is -0.906. The normalized spacial score (nSPS) is 22.4. The van der Waals surface area contributed by atoms with Crippen molar-refractivity contribution in [2.24, 2.45) is 11.8 Å². The van der Waals surface area contributed by atoms with E-state index in [0.717, 1.165) is 19.4 Å². The van der Waals surface area contributed by atoms with Crippen molar-refractivity contribution >= 4 is 12.0 Å². The highest BCUT2D eigenvalue weighted by atomic mass is 16.5. The van der Waals surface area contributed by atoms with E-state index in [1.54, 1.807) is 25.8 Å². The number of aliphatic carboxylic acids is 1. The van der Waals surface area contributed by atoms with Crippen LogP contribution in [0, 0.1) is 11.8 Å². The lowest BCUT2D eigenvalue weighted by Gasteiger charge is -2.28. The maximum Gasteiger partial charge on any atom is 0.317 e. The predicted octanol–water partition coefficient (Wildman–Crippen LogP) is 1.16. The Morgan fingerprint density at radius 1 is 1.47 bits per heavy atom. The van der Waals surface area contributed by atoms with Gasteiger partial charge in [0.05, 0.1) is 12.5 Å². The van der Waals surface area contributed by atoms with Gasteiger partial charge in [-0.15, -0.1) is 0 Å². The third-order valence-electron chi connectivity index (χ3n) is 3.62. The number of urea groups is 1. The summed E-state index contributed by atoms with van der Waals surface area (Å²) in [6.07, 6.45) is 2.10. The van der Waals surface area contributed by atoms with Crippen LogP contribution in [0.25, 0.3) is 0 Å². The van der Waals surface area contributed by atoms with Crippen molar-refractivity contribution in [3.8, 4) is 0 Å². The van der Waals surface area contributed by atoms with E-state index >= 15 is 0 Å². The number of carbonyl (C=O) groups excluding carboxylic acids is 1. The Balaban J connectivity index is 2.37. The van der Waals surface area contributed by atoms with Crippen LogP contribution in [-0.2, 0) is 9.53 Å². The average Bonchev–Trinajstić information content (AvgIpc) is 2.38. The van der Waals surface area contributed by atoms with Gasteiger partial charge in [0.1, 0.15) is 0 Å². The molecule has 6 heteroatoms. The molecule has 6 nitrogen and oxygen atoms in total. The molecule has 0 saturated carbocycles. The Bertz CT molecular complexity index is 316. The van der Waals surface area contributed by atoms with Gasteiger partial charge in [0.2, 0.25) is 0 Å². The van der Waals surface area contributed by atoms with Crippen LogP contribution in [0.5, 0.6) is 0 Å². The lowest BCUT2D eigenvalue weighted by atomic mass is 10.0. The summed E-state index contributed by atoms with van der Waals surface area (Å²) >= 11 is 0. The molecule has 3 atom stereocenters. The smallest absolute Gasteiger partial charge is 0.317 e. The van der Waals surface area contributed by atoms with Crippen LogP contribution in [0.1, 0.15) is 26.7 Å². The summed E-state index contributed by atoms with van der Waals surface area (Å²) in [5.41, 5.74) is 0. The molecule has 0 aromatic rings. The van der Waals surface area contributed by atoms with Gasteiger partial charge in [-0.25, -0.2) is 4.79 Å². The van der Waals surface area contributed by atoms with Crippen molar-refractivity contribution in [3.05, 3.63) is 0 Å². The molecule has 1 aliphatic rings. The van der Waals surface area contributed by atoms with Gasteiger partial charge in [-0.3, -0.25) is 4.79 Å². The van der Waals surface area contributed by atoms with E-state index in [1.807, 2.05) is 0 Å². The second-order valence-corrected chi connectivity index (χ2v) is 5.33. The summed E-state index contributed by atoms with van der Waals surface area (Å²) in [4.78, 5) is 24.4. The van der Waals surface area contributed by atoms with E-state index < -0.39 is 17.9 Å². The van der Waals surface area contributed by atoms with E-state index in [2.05, 4.69) is 5.32 Å². The zero-order chi connectivity index (χ0) is 14.4. The first-order chi connectivity index (χ1) is 8.91. The number of amides is 2. The fourth-order valence-electron chi connectivity index (χ4n) is 2.07. The first-order valence-electron chi connectivity index (χ1n) is 6.74. The molecule has 110 valence electrons. The Morgan fingerprint density at radius 3 is 2.68 bits per heavy atom. The van der Waals surface area contributed by atoms with Crippen molar-refractivity contribution in [3.63, 3.8) is 0 Å². The molecule has 1 heterocycles. The summed E-state index contributed by atoms with van der Waals surface area (Å²) in [5.74, 6) is -1.14. The Morgan fingerprint density at radius 2 is 2.16 bits per heavy atom. The highest BCUT2D eigenvalue weighted by molar-refractivity contribution is 5.76. The topological polar surface area (TPSA) is 78.9 Å². The van der Waals surface area contributed by atoms with Gasteiger partial charge in [0, 0.05) is 32.2 Å². The van der Waals surface area contributed by atoms with E-state index in [-0.39, 0.29) is 6.03 Å². The van der Waals surface area contributed by atoms with Gasteiger partial charge in [-0.1, -0.05) is 0 Å². The third-order valence-corrected chi connectivity index (χ3v) is 3.62. The Labute approximate surface area is 114 Å². The van der Waals surface area contributed by atoms with Gasteiger partial charge >= 0.3 is 12.0 Å². The van der Waals surface area contributed by atoms with Crippen molar-refractivity contribution in [2.45, 2.75) is 32.7 Å². The number of hydrogen-bond donors (Lipinski definition) is 2. The maximum atomic E-state index is 11.9. The zero-order valence-corrected chi connectivity index (χ0v) is 11.9. The van der Waals surface area contributed by atoms with Gasteiger partial charge in [-0.2, -0.15) is 0 Å². The number of ether oxygens (including phenoxy) is 1. The summed E-state index contributed by atoms with van der Waals surface area (Å²) in [6, 6.07) is -0.624. The average molecular weight is 272 g/mol. The summed E-state index contributed by atoms with van der Waals surface area (Å²) in [7, 11) is 1.72. The molecule has 3 unspecified atom stereocenters. The van der Waals surface area contributed by atoms with Crippen LogP contribution in [0.3, 0.4) is 0 Å². The number of nitrogens with zero attached hydrogens (tertiary/aromatic N) is 1. The number of carbonyl (C=O) groups is 2. The number of nitrogens with one attached hydrogen (secondary N) is 1. The Kier molecular flexibility index (Phi) is 6.08. The molecule has 2 amide bonds. The van der Waals surface area contributed by atoms with Gasteiger partial charge in [0.25, 0.3) is 0 Å². The van der Waals surface area contributed by atoms with Crippen molar-refractivity contribution in [2.75, 3.05) is 26.8 Å². The molecule has 1 fully saturated rings. The molecule has 1 aliphatic heterocycles.